The molecule has 0 spiro atoms. The highest BCUT2D eigenvalue weighted by Gasteiger charge is 2.31. The Labute approximate surface area is 125 Å². The summed E-state index contributed by atoms with van der Waals surface area (Å²) in [5, 5.41) is 4.47. The molecule has 0 saturated heterocycles. The smallest absolute Gasteiger partial charge is 0.244 e. The Morgan fingerprint density at radius 3 is 2.48 bits per heavy atom. The lowest BCUT2D eigenvalue weighted by molar-refractivity contribution is 0.532. The summed E-state index contributed by atoms with van der Waals surface area (Å²) in [7, 11) is -3.52. The van der Waals surface area contributed by atoms with Crippen molar-refractivity contribution < 1.29 is 8.42 Å². The minimum Gasteiger partial charge on any atom is -0.268 e. The van der Waals surface area contributed by atoms with Crippen molar-refractivity contribution >= 4 is 10.0 Å². The van der Waals surface area contributed by atoms with Crippen molar-refractivity contribution in [2.45, 2.75) is 43.7 Å². The summed E-state index contributed by atoms with van der Waals surface area (Å²) in [4.78, 5) is 0.259. The maximum absolute atomic E-state index is 12.5. The molecule has 5 nitrogen and oxygen atoms in total. The number of hydrogen-bond donors (Lipinski definition) is 1. The molecule has 21 heavy (non-hydrogen) atoms. The van der Waals surface area contributed by atoms with E-state index in [0.29, 0.717) is 5.69 Å². The highest BCUT2D eigenvalue weighted by Crippen LogP contribution is 2.29. The predicted octanol–water partition coefficient (Wildman–Crippen LogP) is 2.57. The summed E-state index contributed by atoms with van der Waals surface area (Å²) >= 11 is 0. The normalized spacial score (nSPS) is 15.6. The second-order valence-electron chi connectivity index (χ2n) is 5.68. The van der Waals surface area contributed by atoms with Crippen LogP contribution in [0.4, 0.5) is 0 Å². The van der Waals surface area contributed by atoms with Crippen molar-refractivity contribution in [3.05, 3.63) is 36.5 Å². The number of hydrogen-bond acceptors (Lipinski definition) is 3. The Bertz CT molecular complexity index is 732. The van der Waals surface area contributed by atoms with Gasteiger partial charge in [-0.25, -0.2) is 13.1 Å². The lowest BCUT2D eigenvalue weighted by Crippen LogP contribution is -2.25. The average molecular weight is 305 g/mol. The second kappa shape index (κ2) is 5.27. The van der Waals surface area contributed by atoms with Gasteiger partial charge >= 0.3 is 0 Å². The molecule has 0 radical (unpaired) electrons. The van der Waals surface area contributed by atoms with E-state index in [1.54, 1.807) is 10.9 Å². The Hall–Kier alpha value is -1.66. The van der Waals surface area contributed by atoms with E-state index in [9.17, 15) is 8.42 Å². The number of nitrogens with zero attached hydrogens (tertiary/aromatic N) is 2. The van der Waals surface area contributed by atoms with Crippen molar-refractivity contribution in [1.82, 2.24) is 14.5 Å². The number of aromatic nitrogens is 2. The lowest BCUT2D eigenvalue weighted by Gasteiger charge is -2.05. The Kier molecular flexibility index (Phi) is 3.59. The van der Waals surface area contributed by atoms with Gasteiger partial charge in [-0.3, -0.25) is 4.68 Å². The summed E-state index contributed by atoms with van der Waals surface area (Å²) in [6.07, 6.45) is 3.45. The maximum atomic E-state index is 12.5. The van der Waals surface area contributed by atoms with Gasteiger partial charge in [0.15, 0.2) is 0 Å². The molecule has 1 heterocycles. The topological polar surface area (TPSA) is 64.0 Å². The summed E-state index contributed by atoms with van der Waals surface area (Å²) < 4.78 is 29.5. The van der Waals surface area contributed by atoms with Gasteiger partial charge in [0.05, 0.1) is 0 Å². The van der Waals surface area contributed by atoms with Gasteiger partial charge in [0.2, 0.25) is 10.0 Å². The first kappa shape index (κ1) is 14.3. The van der Waals surface area contributed by atoms with E-state index in [0.717, 1.165) is 18.4 Å². The van der Waals surface area contributed by atoms with Crippen molar-refractivity contribution in [2.75, 3.05) is 0 Å². The monoisotopic (exact) mass is 305 g/mol. The predicted molar refractivity (Wildman–Crippen MR) is 81.4 cm³/mol. The van der Waals surface area contributed by atoms with Crippen LogP contribution in [-0.2, 0) is 10.0 Å². The van der Waals surface area contributed by atoms with E-state index in [-0.39, 0.29) is 17.0 Å². The quantitative estimate of drug-likeness (QED) is 0.923. The molecule has 2 aromatic rings. The van der Waals surface area contributed by atoms with Gasteiger partial charge in [0.1, 0.15) is 10.6 Å². The molecule has 3 rings (SSSR count). The number of rotatable bonds is 5. The minimum absolute atomic E-state index is 0.0843. The Balaban J connectivity index is 2.09. The fourth-order valence-corrected chi connectivity index (χ4v) is 3.58. The van der Waals surface area contributed by atoms with Gasteiger partial charge in [-0.2, -0.15) is 5.10 Å². The SMILES string of the molecule is CC(C)n1cc(S(=O)(=O)NC2CC2)c(-c2ccccc2)n1. The maximum Gasteiger partial charge on any atom is 0.244 e. The van der Waals surface area contributed by atoms with Gasteiger partial charge in [-0.1, -0.05) is 30.3 Å². The van der Waals surface area contributed by atoms with Crippen molar-refractivity contribution in [3.63, 3.8) is 0 Å². The van der Waals surface area contributed by atoms with E-state index in [1.165, 1.54) is 0 Å². The van der Waals surface area contributed by atoms with Gasteiger partial charge in [0, 0.05) is 23.8 Å². The van der Waals surface area contributed by atoms with Crippen LogP contribution in [0.3, 0.4) is 0 Å². The molecule has 1 aromatic carbocycles. The zero-order valence-corrected chi connectivity index (χ0v) is 13.0. The van der Waals surface area contributed by atoms with Crippen LogP contribution in [0.2, 0.25) is 0 Å². The molecule has 1 fully saturated rings. The zero-order valence-electron chi connectivity index (χ0n) is 12.2. The molecule has 1 N–H and O–H groups in total. The first-order valence-electron chi connectivity index (χ1n) is 7.14. The fraction of sp³-hybridized carbons (Fsp3) is 0.400. The molecule has 0 amide bonds. The molecule has 1 saturated carbocycles. The first-order valence-corrected chi connectivity index (χ1v) is 8.62. The molecule has 0 unspecified atom stereocenters. The third-order valence-corrected chi connectivity index (χ3v) is 4.98. The zero-order chi connectivity index (χ0) is 15.0. The molecule has 6 heteroatoms. The first-order chi connectivity index (χ1) is 9.97. The van der Waals surface area contributed by atoms with E-state index in [2.05, 4.69) is 9.82 Å². The third-order valence-electron chi connectivity index (χ3n) is 3.46. The minimum atomic E-state index is -3.52. The molecular formula is C15H19N3O2S. The van der Waals surface area contributed by atoms with E-state index < -0.39 is 10.0 Å². The molecule has 0 bridgehead atoms. The second-order valence-corrected chi connectivity index (χ2v) is 7.36. The van der Waals surface area contributed by atoms with Crippen LogP contribution in [0.5, 0.6) is 0 Å². The highest BCUT2D eigenvalue weighted by molar-refractivity contribution is 7.89. The van der Waals surface area contributed by atoms with Crippen molar-refractivity contribution in [2.24, 2.45) is 0 Å². The van der Waals surface area contributed by atoms with Crippen LogP contribution in [0, 0.1) is 0 Å². The number of sulfonamides is 1. The van der Waals surface area contributed by atoms with Crippen LogP contribution in [0.15, 0.2) is 41.4 Å². The summed E-state index contributed by atoms with van der Waals surface area (Å²) in [5.41, 5.74) is 1.32. The Morgan fingerprint density at radius 1 is 1.24 bits per heavy atom. The van der Waals surface area contributed by atoms with Crippen LogP contribution < -0.4 is 4.72 Å². The summed E-state index contributed by atoms with van der Waals surface area (Å²) in [6, 6.07) is 9.62. The molecular weight excluding hydrogens is 286 g/mol. The van der Waals surface area contributed by atoms with Gasteiger partial charge < -0.3 is 0 Å². The van der Waals surface area contributed by atoms with Crippen LogP contribution >= 0.6 is 0 Å². The summed E-state index contributed by atoms with van der Waals surface area (Å²) in [5.74, 6) is 0. The highest BCUT2D eigenvalue weighted by atomic mass is 32.2. The molecule has 1 aromatic heterocycles. The molecule has 0 aliphatic heterocycles. The van der Waals surface area contributed by atoms with Gasteiger partial charge in [0.25, 0.3) is 0 Å². The molecule has 112 valence electrons. The molecule has 0 atom stereocenters. The van der Waals surface area contributed by atoms with Crippen LogP contribution in [0.25, 0.3) is 11.3 Å². The van der Waals surface area contributed by atoms with E-state index in [1.807, 2.05) is 44.2 Å². The van der Waals surface area contributed by atoms with Crippen LogP contribution in [-0.4, -0.2) is 24.2 Å². The third kappa shape index (κ3) is 3.01. The largest absolute Gasteiger partial charge is 0.268 e. The fourth-order valence-electron chi connectivity index (χ4n) is 2.12. The van der Waals surface area contributed by atoms with Crippen molar-refractivity contribution in [1.29, 1.82) is 0 Å². The number of nitrogens with one attached hydrogen (secondary N) is 1. The van der Waals surface area contributed by atoms with E-state index in [4.69, 9.17) is 0 Å². The summed E-state index contributed by atoms with van der Waals surface area (Å²) in [6.45, 7) is 3.96. The lowest BCUT2D eigenvalue weighted by atomic mass is 10.2. The molecule has 1 aliphatic carbocycles. The Morgan fingerprint density at radius 2 is 1.90 bits per heavy atom. The van der Waals surface area contributed by atoms with Crippen LogP contribution in [0.1, 0.15) is 32.7 Å². The van der Waals surface area contributed by atoms with Gasteiger partial charge in [-0.15, -0.1) is 0 Å². The van der Waals surface area contributed by atoms with E-state index >= 15 is 0 Å². The average Bonchev–Trinajstić information content (AvgIpc) is 3.12. The molecule has 1 aliphatic rings. The number of benzene rings is 1. The van der Waals surface area contributed by atoms with Crippen molar-refractivity contribution in [3.8, 4) is 11.3 Å². The standard InChI is InChI=1S/C15H19N3O2S/c1-11(2)18-10-14(21(19,20)17-13-8-9-13)15(16-18)12-6-4-3-5-7-12/h3-7,10-11,13,17H,8-9H2,1-2H3. The van der Waals surface area contributed by atoms with Gasteiger partial charge in [-0.05, 0) is 26.7 Å².